The maximum Gasteiger partial charge on any atom is 0.0720 e. The Balaban J connectivity index is 2.09. The van der Waals surface area contributed by atoms with Gasteiger partial charge < -0.3 is 5.11 Å². The highest BCUT2D eigenvalue weighted by atomic mass is 35.5. The summed E-state index contributed by atoms with van der Waals surface area (Å²) in [6, 6.07) is 5.55. The van der Waals surface area contributed by atoms with Crippen LogP contribution in [-0.4, -0.2) is 10.7 Å². The standard InChI is InChI=1S/C12H14Cl2O/c1-2-9-7-12(9,15)6-8-3-4-10(13)11(14)5-8/h3-5,9,15H,2,6-7H2,1H3. The predicted molar refractivity (Wildman–Crippen MR) is 63.5 cm³/mol. The van der Waals surface area contributed by atoms with Gasteiger partial charge in [-0.05, 0) is 30.0 Å². The van der Waals surface area contributed by atoms with Gasteiger partial charge in [0.15, 0.2) is 0 Å². The first kappa shape index (κ1) is 11.3. The molecule has 0 amide bonds. The maximum absolute atomic E-state index is 10.1. The van der Waals surface area contributed by atoms with E-state index in [0.717, 1.165) is 18.4 Å². The molecular formula is C12H14Cl2O. The highest BCUT2D eigenvalue weighted by Gasteiger charge is 2.51. The van der Waals surface area contributed by atoms with Crippen LogP contribution in [0, 0.1) is 5.92 Å². The van der Waals surface area contributed by atoms with Crippen molar-refractivity contribution in [1.82, 2.24) is 0 Å². The van der Waals surface area contributed by atoms with Gasteiger partial charge in [-0.15, -0.1) is 0 Å². The van der Waals surface area contributed by atoms with E-state index >= 15 is 0 Å². The van der Waals surface area contributed by atoms with E-state index in [4.69, 9.17) is 23.2 Å². The van der Waals surface area contributed by atoms with Crippen molar-refractivity contribution in [2.75, 3.05) is 0 Å². The van der Waals surface area contributed by atoms with E-state index < -0.39 is 5.60 Å². The summed E-state index contributed by atoms with van der Waals surface area (Å²) in [7, 11) is 0. The summed E-state index contributed by atoms with van der Waals surface area (Å²) in [6.07, 6.45) is 2.63. The zero-order valence-electron chi connectivity index (χ0n) is 8.63. The first-order valence-electron chi connectivity index (χ1n) is 5.21. The fraction of sp³-hybridized carbons (Fsp3) is 0.500. The lowest BCUT2D eigenvalue weighted by Gasteiger charge is -2.10. The van der Waals surface area contributed by atoms with Crippen molar-refractivity contribution >= 4 is 23.2 Å². The van der Waals surface area contributed by atoms with E-state index in [1.54, 1.807) is 6.07 Å². The van der Waals surface area contributed by atoms with Crippen molar-refractivity contribution in [1.29, 1.82) is 0 Å². The summed E-state index contributed by atoms with van der Waals surface area (Å²) >= 11 is 11.7. The van der Waals surface area contributed by atoms with Crippen molar-refractivity contribution in [3.8, 4) is 0 Å². The topological polar surface area (TPSA) is 20.2 Å². The zero-order valence-corrected chi connectivity index (χ0v) is 10.1. The molecule has 0 radical (unpaired) electrons. The maximum atomic E-state index is 10.1. The second-order valence-electron chi connectivity index (χ2n) is 4.34. The van der Waals surface area contributed by atoms with Crippen LogP contribution in [-0.2, 0) is 6.42 Å². The quantitative estimate of drug-likeness (QED) is 0.860. The van der Waals surface area contributed by atoms with E-state index in [1.807, 2.05) is 12.1 Å². The minimum atomic E-state index is -0.494. The van der Waals surface area contributed by atoms with Crippen LogP contribution in [0.3, 0.4) is 0 Å². The Bertz CT molecular complexity index is 378. The fourth-order valence-electron chi connectivity index (χ4n) is 2.11. The molecule has 1 saturated carbocycles. The summed E-state index contributed by atoms with van der Waals surface area (Å²) in [5.74, 6) is 0.451. The molecule has 0 aliphatic heterocycles. The number of hydrogen-bond donors (Lipinski definition) is 1. The summed E-state index contributed by atoms with van der Waals surface area (Å²) in [5, 5.41) is 11.3. The van der Waals surface area contributed by atoms with Gasteiger partial charge in [0.25, 0.3) is 0 Å². The molecule has 1 N–H and O–H groups in total. The van der Waals surface area contributed by atoms with Crippen LogP contribution in [0.15, 0.2) is 18.2 Å². The number of aliphatic hydroxyl groups is 1. The molecular weight excluding hydrogens is 231 g/mol. The lowest BCUT2D eigenvalue weighted by Crippen LogP contribution is -2.14. The van der Waals surface area contributed by atoms with E-state index in [1.165, 1.54) is 0 Å². The van der Waals surface area contributed by atoms with Crippen molar-refractivity contribution in [3.05, 3.63) is 33.8 Å². The third-order valence-corrected chi connectivity index (χ3v) is 3.93. The van der Waals surface area contributed by atoms with Crippen LogP contribution in [0.25, 0.3) is 0 Å². The van der Waals surface area contributed by atoms with Crippen LogP contribution in [0.1, 0.15) is 25.3 Å². The van der Waals surface area contributed by atoms with Crippen LogP contribution < -0.4 is 0 Å². The average Bonchev–Trinajstić information content (AvgIpc) is 2.83. The largest absolute Gasteiger partial charge is 0.389 e. The number of rotatable bonds is 3. The SMILES string of the molecule is CCC1CC1(O)Cc1ccc(Cl)c(Cl)c1. The van der Waals surface area contributed by atoms with Crippen LogP contribution in [0.4, 0.5) is 0 Å². The number of benzene rings is 1. The lowest BCUT2D eigenvalue weighted by molar-refractivity contribution is 0.130. The molecule has 15 heavy (non-hydrogen) atoms. The van der Waals surface area contributed by atoms with Crippen LogP contribution >= 0.6 is 23.2 Å². The van der Waals surface area contributed by atoms with E-state index in [9.17, 15) is 5.11 Å². The molecule has 0 heterocycles. The van der Waals surface area contributed by atoms with Crippen LogP contribution in [0.5, 0.6) is 0 Å². The molecule has 2 rings (SSSR count). The second-order valence-corrected chi connectivity index (χ2v) is 5.15. The Labute approximate surface area is 100 Å². The Kier molecular flexibility index (Phi) is 2.98. The Hall–Kier alpha value is -0.240. The smallest absolute Gasteiger partial charge is 0.0720 e. The van der Waals surface area contributed by atoms with E-state index in [-0.39, 0.29) is 0 Å². The van der Waals surface area contributed by atoms with Crippen molar-refractivity contribution in [2.24, 2.45) is 5.92 Å². The zero-order chi connectivity index (χ0) is 11.1. The first-order valence-corrected chi connectivity index (χ1v) is 5.97. The Morgan fingerprint density at radius 1 is 1.40 bits per heavy atom. The lowest BCUT2D eigenvalue weighted by atomic mass is 10.0. The normalized spacial score (nSPS) is 29.2. The molecule has 0 aromatic heterocycles. The molecule has 1 aromatic rings. The summed E-state index contributed by atoms with van der Waals surface area (Å²) in [5.41, 5.74) is 0.564. The van der Waals surface area contributed by atoms with Gasteiger partial charge in [-0.25, -0.2) is 0 Å². The van der Waals surface area contributed by atoms with Gasteiger partial charge in [0.1, 0.15) is 0 Å². The summed E-state index contributed by atoms with van der Waals surface area (Å²) < 4.78 is 0. The highest BCUT2D eigenvalue weighted by molar-refractivity contribution is 6.42. The molecule has 1 aromatic carbocycles. The summed E-state index contributed by atoms with van der Waals surface area (Å²) in [4.78, 5) is 0. The minimum Gasteiger partial charge on any atom is -0.389 e. The van der Waals surface area contributed by atoms with E-state index in [2.05, 4.69) is 6.92 Å². The predicted octanol–water partition coefficient (Wildman–Crippen LogP) is 3.70. The minimum absolute atomic E-state index is 0.451. The summed E-state index contributed by atoms with van der Waals surface area (Å²) in [6.45, 7) is 2.11. The average molecular weight is 245 g/mol. The molecule has 0 saturated heterocycles. The van der Waals surface area contributed by atoms with Crippen molar-refractivity contribution in [2.45, 2.75) is 31.8 Å². The molecule has 1 nitrogen and oxygen atoms in total. The molecule has 1 aliphatic carbocycles. The van der Waals surface area contributed by atoms with Crippen LogP contribution in [0.2, 0.25) is 10.0 Å². The Morgan fingerprint density at radius 2 is 2.13 bits per heavy atom. The molecule has 1 fully saturated rings. The molecule has 1 aliphatic rings. The fourth-order valence-corrected chi connectivity index (χ4v) is 2.43. The molecule has 0 bridgehead atoms. The third-order valence-electron chi connectivity index (χ3n) is 3.19. The molecule has 82 valence electrons. The molecule has 2 atom stereocenters. The molecule has 0 spiro atoms. The monoisotopic (exact) mass is 244 g/mol. The van der Waals surface area contributed by atoms with Gasteiger partial charge in [-0.3, -0.25) is 0 Å². The third kappa shape index (κ3) is 2.30. The van der Waals surface area contributed by atoms with Crippen molar-refractivity contribution < 1.29 is 5.11 Å². The van der Waals surface area contributed by atoms with Gasteiger partial charge in [0.05, 0.1) is 15.6 Å². The highest BCUT2D eigenvalue weighted by Crippen LogP contribution is 2.48. The number of halogens is 2. The van der Waals surface area contributed by atoms with Gasteiger partial charge in [-0.2, -0.15) is 0 Å². The van der Waals surface area contributed by atoms with Gasteiger partial charge in [0, 0.05) is 6.42 Å². The Morgan fingerprint density at radius 3 is 2.67 bits per heavy atom. The second kappa shape index (κ2) is 3.97. The van der Waals surface area contributed by atoms with Gasteiger partial charge in [0.2, 0.25) is 0 Å². The first-order chi connectivity index (χ1) is 7.05. The van der Waals surface area contributed by atoms with Gasteiger partial charge in [-0.1, -0.05) is 42.6 Å². The van der Waals surface area contributed by atoms with Gasteiger partial charge >= 0.3 is 0 Å². The number of hydrogen-bond acceptors (Lipinski definition) is 1. The van der Waals surface area contributed by atoms with Crippen molar-refractivity contribution in [3.63, 3.8) is 0 Å². The molecule has 2 unspecified atom stereocenters. The van der Waals surface area contributed by atoms with E-state index in [0.29, 0.717) is 22.4 Å². The molecule has 3 heteroatoms.